The molecule has 18 heavy (non-hydrogen) atoms. The Balaban J connectivity index is 2.49. The summed E-state index contributed by atoms with van der Waals surface area (Å²) in [7, 11) is 3.20. The van der Waals surface area contributed by atoms with Crippen molar-refractivity contribution in [1.82, 2.24) is 20.3 Å². The predicted molar refractivity (Wildman–Crippen MR) is 63.7 cm³/mol. The fourth-order valence-electron chi connectivity index (χ4n) is 1.70. The molecular weight excluding hydrogens is 235 g/mol. The number of methoxy groups -OCH3 is 1. The Morgan fingerprint density at radius 3 is 2.56 bits per heavy atom. The number of halogens is 1. The van der Waals surface area contributed by atoms with Gasteiger partial charge in [-0.2, -0.15) is 0 Å². The van der Waals surface area contributed by atoms with Gasteiger partial charge in [0.2, 0.25) is 5.88 Å². The molecular formula is C12H13FN4O. The Morgan fingerprint density at radius 2 is 1.89 bits per heavy atom. The van der Waals surface area contributed by atoms with E-state index in [1.807, 2.05) is 0 Å². The first kappa shape index (κ1) is 12.4. The number of hydrogen-bond donors (Lipinski definition) is 1. The van der Waals surface area contributed by atoms with Crippen LogP contribution in [-0.4, -0.2) is 29.1 Å². The van der Waals surface area contributed by atoms with E-state index in [0.29, 0.717) is 11.6 Å². The molecule has 0 aliphatic carbocycles. The van der Waals surface area contributed by atoms with Crippen LogP contribution in [-0.2, 0) is 0 Å². The van der Waals surface area contributed by atoms with E-state index in [4.69, 9.17) is 4.74 Å². The topological polar surface area (TPSA) is 59.9 Å². The summed E-state index contributed by atoms with van der Waals surface area (Å²) in [4.78, 5) is 12.3. The van der Waals surface area contributed by atoms with E-state index in [0.717, 1.165) is 0 Å². The van der Waals surface area contributed by atoms with Crippen LogP contribution < -0.4 is 10.1 Å². The summed E-state index contributed by atoms with van der Waals surface area (Å²) in [5.74, 6) is -0.0496. The van der Waals surface area contributed by atoms with Gasteiger partial charge in [-0.3, -0.25) is 9.97 Å². The lowest BCUT2D eigenvalue weighted by atomic mass is 10.1. The minimum absolute atomic E-state index is 0.263. The molecule has 2 heterocycles. The smallest absolute Gasteiger partial charge is 0.237 e. The number of hydrogen-bond acceptors (Lipinski definition) is 5. The zero-order chi connectivity index (χ0) is 13.0. The Hall–Kier alpha value is -2.08. The standard InChI is InChI=1S/C12H13FN4O/c1-14-10(9-8(13)4-3-5-15-9)11-12(18-2)17-7-6-16-11/h3-7,10,14H,1-2H3. The van der Waals surface area contributed by atoms with Gasteiger partial charge in [-0.1, -0.05) is 0 Å². The molecule has 0 fully saturated rings. The minimum Gasteiger partial charge on any atom is -0.480 e. The van der Waals surface area contributed by atoms with E-state index >= 15 is 0 Å². The summed E-state index contributed by atoms with van der Waals surface area (Å²) in [6, 6.07) is 2.39. The number of nitrogens with one attached hydrogen (secondary N) is 1. The molecule has 0 radical (unpaired) electrons. The Morgan fingerprint density at radius 1 is 1.17 bits per heavy atom. The van der Waals surface area contributed by atoms with Crippen molar-refractivity contribution >= 4 is 0 Å². The van der Waals surface area contributed by atoms with Crippen molar-refractivity contribution in [3.8, 4) is 5.88 Å². The third-order valence-electron chi connectivity index (χ3n) is 2.51. The molecule has 1 N–H and O–H groups in total. The highest BCUT2D eigenvalue weighted by molar-refractivity contribution is 5.29. The van der Waals surface area contributed by atoms with Gasteiger partial charge >= 0.3 is 0 Å². The quantitative estimate of drug-likeness (QED) is 0.884. The van der Waals surface area contributed by atoms with E-state index in [9.17, 15) is 4.39 Å². The lowest BCUT2D eigenvalue weighted by Gasteiger charge is -2.17. The van der Waals surface area contributed by atoms with Crippen LogP contribution in [0.25, 0.3) is 0 Å². The second-order valence-corrected chi connectivity index (χ2v) is 3.54. The predicted octanol–water partition coefficient (Wildman–Crippen LogP) is 1.33. The van der Waals surface area contributed by atoms with Crippen molar-refractivity contribution in [2.75, 3.05) is 14.2 Å². The molecule has 6 heteroatoms. The fraction of sp³-hybridized carbons (Fsp3) is 0.250. The zero-order valence-electron chi connectivity index (χ0n) is 10.1. The molecule has 0 aliphatic rings. The van der Waals surface area contributed by atoms with Gasteiger partial charge in [-0.05, 0) is 19.2 Å². The lowest BCUT2D eigenvalue weighted by Crippen LogP contribution is -2.22. The highest BCUT2D eigenvalue weighted by atomic mass is 19.1. The van der Waals surface area contributed by atoms with Crippen molar-refractivity contribution in [3.63, 3.8) is 0 Å². The molecule has 0 bridgehead atoms. The zero-order valence-corrected chi connectivity index (χ0v) is 10.1. The largest absolute Gasteiger partial charge is 0.480 e. The van der Waals surface area contributed by atoms with Crippen LogP contribution in [0.2, 0.25) is 0 Å². The fourth-order valence-corrected chi connectivity index (χ4v) is 1.70. The first-order chi connectivity index (χ1) is 8.77. The molecule has 5 nitrogen and oxygen atoms in total. The molecule has 0 saturated heterocycles. The van der Waals surface area contributed by atoms with Crippen LogP contribution in [0.15, 0.2) is 30.7 Å². The second-order valence-electron chi connectivity index (χ2n) is 3.54. The maximum Gasteiger partial charge on any atom is 0.237 e. The lowest BCUT2D eigenvalue weighted by molar-refractivity contribution is 0.382. The maximum atomic E-state index is 13.8. The van der Waals surface area contributed by atoms with Crippen molar-refractivity contribution in [2.45, 2.75) is 6.04 Å². The molecule has 0 spiro atoms. The summed E-state index contributed by atoms with van der Waals surface area (Å²) in [6.07, 6.45) is 4.58. The molecule has 1 atom stereocenters. The molecule has 0 aromatic carbocycles. The summed E-state index contributed by atoms with van der Waals surface area (Å²) in [6.45, 7) is 0. The van der Waals surface area contributed by atoms with Crippen LogP contribution in [0.5, 0.6) is 5.88 Å². The maximum absolute atomic E-state index is 13.8. The Labute approximate surface area is 104 Å². The van der Waals surface area contributed by atoms with Gasteiger partial charge in [0.1, 0.15) is 17.6 Å². The van der Waals surface area contributed by atoms with E-state index in [1.54, 1.807) is 13.1 Å². The van der Waals surface area contributed by atoms with Gasteiger partial charge < -0.3 is 10.1 Å². The van der Waals surface area contributed by atoms with Gasteiger partial charge in [0.15, 0.2) is 0 Å². The number of nitrogens with zero attached hydrogens (tertiary/aromatic N) is 3. The van der Waals surface area contributed by atoms with Crippen molar-refractivity contribution in [3.05, 3.63) is 47.9 Å². The minimum atomic E-state index is -0.505. The number of ether oxygens (including phenoxy) is 1. The number of aromatic nitrogens is 3. The summed E-state index contributed by atoms with van der Waals surface area (Å²) >= 11 is 0. The van der Waals surface area contributed by atoms with Gasteiger partial charge in [0, 0.05) is 18.6 Å². The van der Waals surface area contributed by atoms with Gasteiger partial charge in [-0.15, -0.1) is 0 Å². The number of rotatable bonds is 4. The highest BCUT2D eigenvalue weighted by Crippen LogP contribution is 2.25. The van der Waals surface area contributed by atoms with E-state index in [-0.39, 0.29) is 5.69 Å². The Kier molecular flexibility index (Phi) is 3.78. The van der Waals surface area contributed by atoms with Crippen LogP contribution in [0.4, 0.5) is 4.39 Å². The summed E-state index contributed by atoms with van der Waals surface area (Å²) in [5, 5.41) is 2.97. The number of pyridine rings is 1. The average molecular weight is 248 g/mol. The molecule has 0 amide bonds. The molecule has 94 valence electrons. The van der Waals surface area contributed by atoms with Gasteiger partial charge in [0.25, 0.3) is 0 Å². The normalized spacial score (nSPS) is 12.2. The van der Waals surface area contributed by atoms with Crippen molar-refractivity contribution < 1.29 is 9.13 Å². The van der Waals surface area contributed by atoms with E-state index in [1.165, 1.54) is 31.8 Å². The van der Waals surface area contributed by atoms with Crippen LogP contribution in [0.3, 0.4) is 0 Å². The van der Waals surface area contributed by atoms with Crippen LogP contribution in [0, 0.1) is 5.82 Å². The monoisotopic (exact) mass is 248 g/mol. The molecule has 2 aromatic heterocycles. The van der Waals surface area contributed by atoms with E-state index in [2.05, 4.69) is 20.3 Å². The van der Waals surface area contributed by atoms with Crippen LogP contribution >= 0.6 is 0 Å². The molecule has 0 saturated carbocycles. The summed E-state index contributed by atoms with van der Waals surface area (Å²) < 4.78 is 18.9. The first-order valence-corrected chi connectivity index (χ1v) is 5.40. The average Bonchev–Trinajstić information content (AvgIpc) is 2.42. The first-order valence-electron chi connectivity index (χ1n) is 5.40. The van der Waals surface area contributed by atoms with Crippen LogP contribution in [0.1, 0.15) is 17.4 Å². The molecule has 1 unspecified atom stereocenters. The van der Waals surface area contributed by atoms with Gasteiger partial charge in [-0.25, -0.2) is 9.37 Å². The van der Waals surface area contributed by atoms with Gasteiger partial charge in [0.05, 0.1) is 12.8 Å². The third kappa shape index (κ3) is 2.28. The molecule has 2 rings (SSSR count). The third-order valence-corrected chi connectivity index (χ3v) is 2.51. The Bertz CT molecular complexity index is 535. The highest BCUT2D eigenvalue weighted by Gasteiger charge is 2.22. The molecule has 0 aliphatic heterocycles. The molecule has 2 aromatic rings. The van der Waals surface area contributed by atoms with Crippen molar-refractivity contribution in [1.29, 1.82) is 0 Å². The van der Waals surface area contributed by atoms with E-state index < -0.39 is 11.9 Å². The second kappa shape index (κ2) is 5.50. The summed E-state index contributed by atoms with van der Waals surface area (Å²) in [5.41, 5.74) is 0.763. The van der Waals surface area contributed by atoms with Crippen molar-refractivity contribution in [2.24, 2.45) is 0 Å². The SMILES string of the molecule is CNC(c1ncccc1F)c1nccnc1OC.